The number of carbonyl (C=O) groups excluding carboxylic acids is 2. The summed E-state index contributed by atoms with van der Waals surface area (Å²) in [6.07, 6.45) is -1.05. The number of rotatable bonds is 9. The summed E-state index contributed by atoms with van der Waals surface area (Å²) in [5.74, 6) is -1.61. The molecule has 11 nitrogen and oxygen atoms in total. The Balaban J connectivity index is 1.51. The van der Waals surface area contributed by atoms with Crippen LogP contribution in [0.5, 0.6) is 11.5 Å². The number of fused-ring (bicyclic) bond motifs is 4. The Morgan fingerprint density at radius 2 is 1.81 bits per heavy atom. The van der Waals surface area contributed by atoms with Crippen molar-refractivity contribution in [3.63, 3.8) is 0 Å². The number of halogens is 2. The van der Waals surface area contributed by atoms with Gasteiger partial charge in [0, 0.05) is 29.6 Å². The maximum Gasteiger partial charge on any atom is 0.349 e. The molecular weight excluding hydrogens is 651 g/mol. The Labute approximate surface area is 278 Å². The molecule has 2 amide bonds. The molecule has 244 valence electrons. The topological polar surface area (TPSA) is 159 Å². The van der Waals surface area contributed by atoms with Crippen LogP contribution in [-0.4, -0.2) is 70.5 Å². The van der Waals surface area contributed by atoms with Crippen molar-refractivity contribution in [1.29, 1.82) is 0 Å². The molecule has 0 radical (unpaired) electrons. The van der Waals surface area contributed by atoms with Gasteiger partial charge in [0.2, 0.25) is 5.91 Å². The van der Waals surface area contributed by atoms with Gasteiger partial charge in [-0.25, -0.2) is 4.79 Å². The first kappa shape index (κ1) is 32.5. The molecule has 1 aliphatic heterocycles. The Morgan fingerprint density at radius 1 is 1.02 bits per heavy atom. The van der Waals surface area contributed by atoms with Crippen molar-refractivity contribution in [1.82, 2.24) is 10.2 Å². The molecule has 0 saturated carbocycles. The van der Waals surface area contributed by atoms with Crippen molar-refractivity contribution in [3.8, 4) is 11.5 Å². The molecule has 6 rings (SSSR count). The molecule has 0 unspecified atom stereocenters. The van der Waals surface area contributed by atoms with Crippen molar-refractivity contribution in [2.45, 2.75) is 37.3 Å². The van der Waals surface area contributed by atoms with E-state index < -0.39 is 41.6 Å². The number of amides is 2. The van der Waals surface area contributed by atoms with Gasteiger partial charge in [-0.2, -0.15) is 0 Å². The average Bonchev–Trinajstić information content (AvgIpc) is 3.47. The molecule has 1 aliphatic carbocycles. The van der Waals surface area contributed by atoms with Gasteiger partial charge in [-0.3, -0.25) is 9.59 Å². The van der Waals surface area contributed by atoms with Crippen LogP contribution in [-0.2, 0) is 17.9 Å². The molecule has 4 N–H and O–H groups in total. The second kappa shape index (κ2) is 13.4. The third-order valence-corrected chi connectivity index (χ3v) is 9.06. The number of aliphatic hydroxyl groups excluding tert-OH is 3. The molecule has 4 atom stereocenters. The highest BCUT2D eigenvalue weighted by molar-refractivity contribution is 6.42. The molecule has 2 aliphatic rings. The first-order valence-corrected chi connectivity index (χ1v) is 15.5. The molecule has 0 bridgehead atoms. The van der Waals surface area contributed by atoms with E-state index in [4.69, 9.17) is 37.1 Å². The molecule has 0 spiro atoms. The number of nitrogens with one attached hydrogen (secondary N) is 1. The largest absolute Gasteiger partial charge is 0.493 e. The Kier molecular flexibility index (Phi) is 9.27. The predicted octanol–water partition coefficient (Wildman–Crippen LogP) is 3.57. The van der Waals surface area contributed by atoms with E-state index in [0.29, 0.717) is 32.7 Å². The molecule has 2 heterocycles. The fraction of sp³-hybridized carbons (Fsp3) is 0.265. The smallest absolute Gasteiger partial charge is 0.349 e. The van der Waals surface area contributed by atoms with Gasteiger partial charge in [0.05, 0.1) is 42.3 Å². The molecule has 0 saturated heterocycles. The van der Waals surface area contributed by atoms with Crippen LogP contribution in [0.4, 0.5) is 0 Å². The molecule has 4 aromatic rings. The van der Waals surface area contributed by atoms with Crippen LogP contribution in [0.2, 0.25) is 10.0 Å². The standard InChI is InChI=1S/C34H30Cl2N2O9/c1-45-27-12-18(16-40)10-20-28-21(32(42)37-8-9-39)14-25(29(41)31(28)47-30(20)27)38(15-17-6-7-23(35)24(36)11-17)33(43)22-13-19-4-2-3-5-26(19)46-34(22)44/h2-7,10-14,25,28-29,31,39-41H,8-9,15-16H2,1H3,(H,37,42)/t25-,28+,29+,31+/m1/s1. The van der Waals surface area contributed by atoms with Crippen molar-refractivity contribution in [2.75, 3.05) is 20.3 Å². The number of hydrogen-bond acceptors (Lipinski definition) is 9. The summed E-state index contributed by atoms with van der Waals surface area (Å²) in [5, 5.41) is 35.0. The molecular formula is C34H30Cl2N2O9. The first-order valence-electron chi connectivity index (χ1n) is 14.7. The van der Waals surface area contributed by atoms with E-state index in [-0.39, 0.29) is 54.0 Å². The lowest BCUT2D eigenvalue weighted by Crippen LogP contribution is -2.56. The predicted molar refractivity (Wildman–Crippen MR) is 173 cm³/mol. The van der Waals surface area contributed by atoms with Crippen LogP contribution < -0.4 is 20.4 Å². The molecule has 0 fully saturated rings. The van der Waals surface area contributed by atoms with E-state index in [9.17, 15) is 29.7 Å². The highest BCUT2D eigenvalue weighted by Gasteiger charge is 2.51. The Morgan fingerprint density at radius 3 is 2.53 bits per heavy atom. The number of para-hydroxylation sites is 1. The van der Waals surface area contributed by atoms with Gasteiger partial charge in [-0.15, -0.1) is 0 Å². The fourth-order valence-electron chi connectivity index (χ4n) is 6.13. The minimum atomic E-state index is -1.43. The monoisotopic (exact) mass is 680 g/mol. The summed E-state index contributed by atoms with van der Waals surface area (Å²) in [4.78, 5) is 42.5. The molecule has 13 heteroatoms. The van der Waals surface area contributed by atoms with Gasteiger partial charge >= 0.3 is 5.63 Å². The van der Waals surface area contributed by atoms with Crippen LogP contribution in [0.15, 0.2) is 81.5 Å². The Hall–Kier alpha value is -4.39. The maximum atomic E-state index is 14.4. The SMILES string of the molecule is COc1cc(CO)cc2c1O[C@@H]1[C@@H](O)[C@H](N(Cc3ccc(Cl)c(Cl)c3)C(=O)c3cc4ccccc4oc3=O)C=C(C(=O)NCCO)[C@H]21. The quantitative estimate of drug-likeness (QED) is 0.194. The Bertz CT molecular complexity index is 1960. The molecule has 47 heavy (non-hydrogen) atoms. The summed E-state index contributed by atoms with van der Waals surface area (Å²) >= 11 is 12.5. The van der Waals surface area contributed by atoms with Crippen LogP contribution in [0.1, 0.15) is 33.0 Å². The zero-order valence-corrected chi connectivity index (χ0v) is 26.5. The third kappa shape index (κ3) is 6.08. The van der Waals surface area contributed by atoms with Gasteiger partial charge < -0.3 is 39.4 Å². The number of benzene rings is 3. The number of hydrogen-bond donors (Lipinski definition) is 4. The van der Waals surface area contributed by atoms with Crippen LogP contribution in [0.3, 0.4) is 0 Å². The summed E-state index contributed by atoms with van der Waals surface area (Å²) in [6.45, 7) is -0.858. The van der Waals surface area contributed by atoms with Crippen LogP contribution in [0, 0.1) is 0 Å². The van der Waals surface area contributed by atoms with E-state index in [1.807, 2.05) is 0 Å². The lowest BCUT2D eigenvalue weighted by atomic mass is 9.77. The lowest BCUT2D eigenvalue weighted by Gasteiger charge is -2.40. The van der Waals surface area contributed by atoms with Crippen LogP contribution in [0.25, 0.3) is 11.0 Å². The van der Waals surface area contributed by atoms with E-state index in [1.165, 1.54) is 24.2 Å². The maximum absolute atomic E-state index is 14.4. The third-order valence-electron chi connectivity index (χ3n) is 8.32. The second-order valence-corrected chi connectivity index (χ2v) is 12.0. The van der Waals surface area contributed by atoms with Gasteiger partial charge in [-0.05, 0) is 53.6 Å². The van der Waals surface area contributed by atoms with E-state index >= 15 is 0 Å². The highest BCUT2D eigenvalue weighted by Crippen LogP contribution is 2.51. The average molecular weight is 682 g/mol. The van der Waals surface area contributed by atoms with E-state index in [2.05, 4.69) is 5.32 Å². The van der Waals surface area contributed by atoms with Gasteiger partial charge in [0.15, 0.2) is 11.5 Å². The number of ether oxygens (including phenoxy) is 2. The fourth-order valence-corrected chi connectivity index (χ4v) is 6.45. The number of aliphatic hydroxyl groups is 3. The van der Waals surface area contributed by atoms with Gasteiger partial charge in [-0.1, -0.05) is 47.5 Å². The van der Waals surface area contributed by atoms with Gasteiger partial charge in [0.25, 0.3) is 5.91 Å². The van der Waals surface area contributed by atoms with Gasteiger partial charge in [0.1, 0.15) is 23.4 Å². The van der Waals surface area contributed by atoms with Crippen molar-refractivity contribution < 1.29 is 38.8 Å². The minimum Gasteiger partial charge on any atom is -0.493 e. The minimum absolute atomic E-state index is 0.0570. The second-order valence-electron chi connectivity index (χ2n) is 11.2. The molecule has 3 aromatic carbocycles. The number of carbonyl (C=O) groups is 2. The molecule has 1 aromatic heterocycles. The summed E-state index contributed by atoms with van der Waals surface area (Å²) in [5.41, 5.74) is 0.787. The number of methoxy groups -OCH3 is 1. The van der Waals surface area contributed by atoms with Crippen LogP contribution >= 0.6 is 23.2 Å². The van der Waals surface area contributed by atoms with E-state index in [1.54, 1.807) is 54.6 Å². The lowest BCUT2D eigenvalue weighted by molar-refractivity contribution is -0.118. The number of nitrogens with zero attached hydrogens (tertiary/aromatic N) is 1. The summed E-state index contributed by atoms with van der Waals surface area (Å²) in [6, 6.07) is 15.0. The van der Waals surface area contributed by atoms with Crippen molar-refractivity contribution in [3.05, 3.63) is 115 Å². The first-order chi connectivity index (χ1) is 22.6. The zero-order valence-electron chi connectivity index (χ0n) is 25.0. The van der Waals surface area contributed by atoms with E-state index in [0.717, 1.165) is 0 Å². The van der Waals surface area contributed by atoms with Crippen molar-refractivity contribution >= 4 is 46.0 Å². The van der Waals surface area contributed by atoms with Crippen molar-refractivity contribution in [2.24, 2.45) is 0 Å². The highest BCUT2D eigenvalue weighted by atomic mass is 35.5. The summed E-state index contributed by atoms with van der Waals surface area (Å²) < 4.78 is 17.3. The summed E-state index contributed by atoms with van der Waals surface area (Å²) in [7, 11) is 1.43. The normalized spacial score (nSPS) is 19.7. The zero-order chi connectivity index (χ0) is 33.4.